The highest BCUT2D eigenvalue weighted by molar-refractivity contribution is 7.90. The fraction of sp³-hybridized carbons (Fsp3) is 0.250. The van der Waals surface area contributed by atoms with Gasteiger partial charge in [-0.1, -0.05) is 23.8 Å². The van der Waals surface area contributed by atoms with Crippen LogP contribution in [0.1, 0.15) is 22.3 Å². The number of nitrogens with two attached hydrogens (primary N) is 1. The van der Waals surface area contributed by atoms with Gasteiger partial charge in [-0.05, 0) is 48.7 Å². The molecule has 2 rings (SSSR count). The number of benzene rings is 2. The normalized spacial score (nSPS) is 11.6. The quantitative estimate of drug-likeness (QED) is 0.945. The topological polar surface area (TPSA) is 60.2 Å². The van der Waals surface area contributed by atoms with Gasteiger partial charge in [-0.3, -0.25) is 0 Å². The molecule has 0 saturated carbocycles. The second-order valence-electron chi connectivity index (χ2n) is 5.15. The van der Waals surface area contributed by atoms with E-state index in [0.29, 0.717) is 21.6 Å². The number of hydrogen-bond donors (Lipinski definition) is 1. The van der Waals surface area contributed by atoms with E-state index in [4.69, 9.17) is 5.73 Å². The van der Waals surface area contributed by atoms with Crippen LogP contribution < -0.4 is 5.73 Å². The lowest BCUT2D eigenvalue weighted by Crippen LogP contribution is -2.10. The summed E-state index contributed by atoms with van der Waals surface area (Å²) in [4.78, 5) is 0.306. The molecule has 0 aliphatic heterocycles. The van der Waals surface area contributed by atoms with Crippen molar-refractivity contribution in [3.05, 3.63) is 64.5 Å². The minimum absolute atomic E-state index is 0.107. The molecule has 2 aromatic carbocycles. The summed E-state index contributed by atoms with van der Waals surface area (Å²) < 4.78 is 38.3. The van der Waals surface area contributed by atoms with Gasteiger partial charge in [-0.2, -0.15) is 0 Å². The highest BCUT2D eigenvalue weighted by atomic mass is 32.2. The highest BCUT2D eigenvalue weighted by Gasteiger charge is 2.19. The molecule has 0 radical (unpaired) electrons. The molecule has 3 nitrogen and oxygen atoms in total. The number of aryl methyl sites for hydroxylation is 2. The van der Waals surface area contributed by atoms with Gasteiger partial charge >= 0.3 is 0 Å². The van der Waals surface area contributed by atoms with Gasteiger partial charge in [0.25, 0.3) is 0 Å². The molecule has 112 valence electrons. The van der Waals surface area contributed by atoms with E-state index in [-0.39, 0.29) is 12.3 Å². The van der Waals surface area contributed by atoms with E-state index < -0.39 is 15.7 Å². The van der Waals surface area contributed by atoms with Crippen LogP contribution in [-0.2, 0) is 22.1 Å². The first-order valence-electron chi connectivity index (χ1n) is 6.61. The van der Waals surface area contributed by atoms with Gasteiger partial charge < -0.3 is 5.73 Å². The van der Waals surface area contributed by atoms with Gasteiger partial charge in [0.1, 0.15) is 5.82 Å². The van der Waals surface area contributed by atoms with Crippen LogP contribution in [0.5, 0.6) is 0 Å². The van der Waals surface area contributed by atoms with Crippen LogP contribution in [0, 0.1) is 19.7 Å². The summed E-state index contributed by atoms with van der Waals surface area (Å²) in [5.41, 5.74) is 8.35. The third kappa shape index (κ3) is 3.49. The average molecular weight is 307 g/mol. The van der Waals surface area contributed by atoms with Gasteiger partial charge in [0, 0.05) is 6.54 Å². The molecule has 0 aliphatic carbocycles. The maximum atomic E-state index is 13.2. The van der Waals surface area contributed by atoms with Gasteiger partial charge in [-0.25, -0.2) is 12.8 Å². The van der Waals surface area contributed by atoms with Crippen molar-refractivity contribution in [2.45, 2.75) is 31.0 Å². The van der Waals surface area contributed by atoms with Crippen molar-refractivity contribution in [1.29, 1.82) is 0 Å². The summed E-state index contributed by atoms with van der Waals surface area (Å²) >= 11 is 0. The number of hydrogen-bond acceptors (Lipinski definition) is 3. The second kappa shape index (κ2) is 5.95. The predicted molar refractivity (Wildman–Crippen MR) is 81.1 cm³/mol. The maximum absolute atomic E-state index is 13.2. The second-order valence-corrected chi connectivity index (χ2v) is 7.10. The van der Waals surface area contributed by atoms with E-state index in [9.17, 15) is 12.8 Å². The first kappa shape index (κ1) is 15.7. The molecular weight excluding hydrogens is 289 g/mol. The summed E-state index contributed by atoms with van der Waals surface area (Å²) in [7, 11) is -3.48. The summed E-state index contributed by atoms with van der Waals surface area (Å²) in [5.74, 6) is -0.591. The smallest absolute Gasteiger partial charge is 0.182 e. The van der Waals surface area contributed by atoms with Crippen molar-refractivity contribution in [3.8, 4) is 0 Å². The number of rotatable bonds is 4. The molecule has 2 N–H and O–H groups in total. The zero-order valence-electron chi connectivity index (χ0n) is 12.1. The van der Waals surface area contributed by atoms with Crippen molar-refractivity contribution >= 4 is 9.84 Å². The van der Waals surface area contributed by atoms with Crippen molar-refractivity contribution in [3.63, 3.8) is 0 Å². The Balaban J connectivity index is 2.42. The van der Waals surface area contributed by atoms with Gasteiger partial charge in [0.05, 0.1) is 10.6 Å². The van der Waals surface area contributed by atoms with Crippen LogP contribution in [0.25, 0.3) is 0 Å². The summed E-state index contributed by atoms with van der Waals surface area (Å²) in [6.45, 7) is 3.79. The molecule has 5 heteroatoms. The molecule has 0 heterocycles. The van der Waals surface area contributed by atoms with Gasteiger partial charge in [0.2, 0.25) is 0 Å². The van der Waals surface area contributed by atoms with Crippen LogP contribution in [0.4, 0.5) is 4.39 Å². The molecule has 0 atom stereocenters. The Hall–Kier alpha value is -1.72. The Morgan fingerprint density at radius 1 is 1.05 bits per heavy atom. The standard InChI is InChI=1S/C16H18FNO2S/c1-11-3-6-16(12(2)7-11)21(19,20)10-13-4-5-15(17)8-14(13)9-18/h3-8H,9-10,18H2,1-2H3. The Morgan fingerprint density at radius 3 is 2.38 bits per heavy atom. The maximum Gasteiger partial charge on any atom is 0.182 e. The van der Waals surface area contributed by atoms with Crippen LogP contribution in [0.2, 0.25) is 0 Å². The summed E-state index contributed by atoms with van der Waals surface area (Å²) in [6, 6.07) is 9.25. The predicted octanol–water partition coefficient (Wildman–Crippen LogP) is 2.88. The highest BCUT2D eigenvalue weighted by Crippen LogP contribution is 2.23. The average Bonchev–Trinajstić information content (AvgIpc) is 2.40. The van der Waals surface area contributed by atoms with Gasteiger partial charge in [0.15, 0.2) is 9.84 Å². The third-order valence-electron chi connectivity index (χ3n) is 3.40. The molecule has 0 aliphatic rings. The molecule has 0 spiro atoms. The van der Waals surface area contributed by atoms with E-state index in [1.807, 2.05) is 13.0 Å². The van der Waals surface area contributed by atoms with Gasteiger partial charge in [-0.15, -0.1) is 0 Å². The van der Waals surface area contributed by atoms with Crippen LogP contribution >= 0.6 is 0 Å². The van der Waals surface area contributed by atoms with Crippen molar-refractivity contribution in [1.82, 2.24) is 0 Å². The Kier molecular flexibility index (Phi) is 4.44. The molecular formula is C16H18FNO2S. The van der Waals surface area contributed by atoms with E-state index in [2.05, 4.69) is 0 Å². The summed E-state index contributed by atoms with van der Waals surface area (Å²) in [5, 5.41) is 0. The van der Waals surface area contributed by atoms with Crippen LogP contribution in [0.15, 0.2) is 41.3 Å². The number of sulfone groups is 1. The minimum Gasteiger partial charge on any atom is -0.326 e. The molecule has 0 saturated heterocycles. The molecule has 2 aromatic rings. The Bertz CT molecular complexity index is 770. The monoisotopic (exact) mass is 307 g/mol. The SMILES string of the molecule is Cc1ccc(S(=O)(=O)Cc2ccc(F)cc2CN)c(C)c1. The van der Waals surface area contributed by atoms with E-state index in [1.54, 1.807) is 19.1 Å². The van der Waals surface area contributed by atoms with E-state index >= 15 is 0 Å². The number of halogens is 1. The lowest BCUT2D eigenvalue weighted by Gasteiger charge is -2.11. The Labute approximate surface area is 124 Å². The minimum atomic E-state index is -3.48. The first-order chi connectivity index (χ1) is 9.83. The van der Waals surface area contributed by atoms with Crippen LogP contribution in [-0.4, -0.2) is 8.42 Å². The lowest BCUT2D eigenvalue weighted by molar-refractivity contribution is 0.593. The van der Waals surface area contributed by atoms with Crippen molar-refractivity contribution in [2.75, 3.05) is 0 Å². The fourth-order valence-electron chi connectivity index (χ4n) is 2.36. The first-order valence-corrected chi connectivity index (χ1v) is 8.26. The largest absolute Gasteiger partial charge is 0.326 e. The Morgan fingerprint density at radius 2 is 1.76 bits per heavy atom. The lowest BCUT2D eigenvalue weighted by atomic mass is 10.1. The molecule has 0 amide bonds. The van der Waals surface area contributed by atoms with Crippen LogP contribution in [0.3, 0.4) is 0 Å². The fourth-order valence-corrected chi connectivity index (χ4v) is 4.03. The molecule has 0 aromatic heterocycles. The zero-order valence-corrected chi connectivity index (χ0v) is 12.9. The summed E-state index contributed by atoms with van der Waals surface area (Å²) in [6.07, 6.45) is 0. The molecule has 0 unspecified atom stereocenters. The van der Waals surface area contributed by atoms with Crippen molar-refractivity contribution < 1.29 is 12.8 Å². The van der Waals surface area contributed by atoms with Crippen molar-refractivity contribution in [2.24, 2.45) is 5.73 Å². The molecule has 0 bridgehead atoms. The molecule has 0 fully saturated rings. The van der Waals surface area contributed by atoms with E-state index in [0.717, 1.165) is 5.56 Å². The molecule has 21 heavy (non-hydrogen) atoms. The van der Waals surface area contributed by atoms with E-state index in [1.165, 1.54) is 18.2 Å². The third-order valence-corrected chi connectivity index (χ3v) is 5.22. The zero-order chi connectivity index (χ0) is 15.6.